The van der Waals surface area contributed by atoms with Gasteiger partial charge in [-0.3, -0.25) is 0 Å². The lowest BCUT2D eigenvalue weighted by atomic mass is 9.84. The Kier molecular flexibility index (Phi) is 8.53. The predicted octanol–water partition coefficient (Wildman–Crippen LogP) is 17.2. The van der Waals surface area contributed by atoms with Gasteiger partial charge in [0, 0.05) is 16.8 Å². The van der Waals surface area contributed by atoms with Crippen LogP contribution >= 0.6 is 0 Å². The highest BCUT2D eigenvalue weighted by Gasteiger charge is 2.21. The maximum Gasteiger partial charge on any atom is 0.137 e. The van der Waals surface area contributed by atoms with Gasteiger partial charge in [0.25, 0.3) is 0 Å². The number of furan rings is 1. The molecule has 2 nitrogen and oxygen atoms in total. The van der Waals surface area contributed by atoms with E-state index in [1.54, 1.807) is 0 Å². The lowest BCUT2D eigenvalue weighted by molar-refractivity contribution is 0.669. The molecule has 12 aromatic rings. The summed E-state index contributed by atoms with van der Waals surface area (Å²) in [6, 6.07) is 85.4. The van der Waals surface area contributed by atoms with Crippen LogP contribution in [0, 0.1) is 0 Å². The number of anilines is 3. The Morgan fingerprint density at radius 2 is 0.806 bits per heavy atom. The molecule has 0 atom stereocenters. The van der Waals surface area contributed by atoms with Crippen LogP contribution in [-0.2, 0) is 0 Å². The average Bonchev–Trinajstić information content (AvgIpc) is 3.74. The second kappa shape index (κ2) is 14.8. The summed E-state index contributed by atoms with van der Waals surface area (Å²) in [5.74, 6) is 0. The van der Waals surface area contributed by atoms with Crippen LogP contribution in [0.15, 0.2) is 241 Å². The SMILES string of the molecule is c1ccc(-c2c(-c3ccccc3)c3cc(-c4ccc(N(c5ccc(-c6cccc7ccccc67)cc5)c5cccc6oc7ccccc7c56)cc4)ccc3c3ccccc23)cc1. The van der Waals surface area contributed by atoms with E-state index in [-0.39, 0.29) is 0 Å². The molecule has 1 heterocycles. The fourth-order valence-electron chi connectivity index (χ4n) is 9.62. The van der Waals surface area contributed by atoms with E-state index in [1.165, 1.54) is 71.3 Å². The van der Waals surface area contributed by atoms with Crippen molar-refractivity contribution in [3.63, 3.8) is 0 Å². The third-order valence-corrected chi connectivity index (χ3v) is 12.5. The van der Waals surface area contributed by atoms with Crippen LogP contribution in [0.25, 0.3) is 98.8 Å². The monoisotopic (exact) mass is 789 g/mol. The standard InChI is InChI=1S/C60H39NO/c1-3-16-43(17-4-1)58-52-23-10-9-22-50(52)51-38-33-45(39-54(51)59(58)44-18-5-2-6-19-44)40-29-34-46(35-30-40)61(55-26-14-28-57-60(55)53-24-11-12-27-56(53)62-57)47-36-31-42(32-37-47)49-25-13-20-41-15-7-8-21-48(41)49/h1-39H. The first kappa shape index (κ1) is 35.7. The Balaban J connectivity index is 1.02. The minimum Gasteiger partial charge on any atom is -0.456 e. The summed E-state index contributed by atoms with van der Waals surface area (Å²) in [4.78, 5) is 2.37. The van der Waals surface area contributed by atoms with Crippen molar-refractivity contribution in [2.24, 2.45) is 0 Å². The molecular formula is C60H39NO. The van der Waals surface area contributed by atoms with E-state index < -0.39 is 0 Å². The Morgan fingerprint density at radius 3 is 1.53 bits per heavy atom. The van der Waals surface area contributed by atoms with Crippen molar-refractivity contribution in [2.75, 3.05) is 4.90 Å². The van der Waals surface area contributed by atoms with Crippen molar-refractivity contribution in [1.82, 2.24) is 0 Å². The number of nitrogens with zero attached hydrogens (tertiary/aromatic N) is 1. The number of benzene rings is 11. The number of rotatable bonds is 7. The molecule has 11 aromatic carbocycles. The highest BCUT2D eigenvalue weighted by atomic mass is 16.3. The second-order valence-corrected chi connectivity index (χ2v) is 16.0. The van der Waals surface area contributed by atoms with Crippen LogP contribution in [0.1, 0.15) is 0 Å². The summed E-state index contributed by atoms with van der Waals surface area (Å²) < 4.78 is 6.42. The van der Waals surface area contributed by atoms with Gasteiger partial charge >= 0.3 is 0 Å². The number of fused-ring (bicyclic) bond motifs is 7. The molecule has 2 heteroatoms. The first-order valence-electron chi connectivity index (χ1n) is 21.3. The Morgan fingerprint density at radius 1 is 0.290 bits per heavy atom. The molecule has 0 aliphatic carbocycles. The minimum absolute atomic E-state index is 0.866. The van der Waals surface area contributed by atoms with Crippen LogP contribution in [0.2, 0.25) is 0 Å². The molecule has 290 valence electrons. The van der Waals surface area contributed by atoms with Gasteiger partial charge in [0.15, 0.2) is 0 Å². The highest BCUT2D eigenvalue weighted by molar-refractivity contribution is 6.22. The molecule has 0 N–H and O–H groups in total. The Hall–Kier alpha value is -8.20. The third-order valence-electron chi connectivity index (χ3n) is 12.5. The van der Waals surface area contributed by atoms with Crippen LogP contribution in [0.3, 0.4) is 0 Å². The lowest BCUT2D eigenvalue weighted by Gasteiger charge is -2.27. The van der Waals surface area contributed by atoms with E-state index in [0.717, 1.165) is 44.6 Å². The van der Waals surface area contributed by atoms with Gasteiger partial charge in [-0.1, -0.05) is 188 Å². The van der Waals surface area contributed by atoms with E-state index in [1.807, 2.05) is 6.07 Å². The highest BCUT2D eigenvalue weighted by Crippen LogP contribution is 2.47. The number of para-hydroxylation sites is 1. The van der Waals surface area contributed by atoms with Gasteiger partial charge in [-0.15, -0.1) is 0 Å². The largest absolute Gasteiger partial charge is 0.456 e. The fourth-order valence-corrected chi connectivity index (χ4v) is 9.62. The molecule has 0 saturated carbocycles. The fraction of sp³-hybridized carbons (Fsp3) is 0. The van der Waals surface area contributed by atoms with E-state index in [4.69, 9.17) is 4.42 Å². The molecule has 0 fully saturated rings. The summed E-state index contributed by atoms with van der Waals surface area (Å²) in [5, 5.41) is 9.68. The third kappa shape index (κ3) is 5.96. The number of hydrogen-bond donors (Lipinski definition) is 0. The zero-order chi connectivity index (χ0) is 41.0. The van der Waals surface area contributed by atoms with Crippen LogP contribution < -0.4 is 4.90 Å². The van der Waals surface area contributed by atoms with Crippen molar-refractivity contribution in [3.8, 4) is 44.5 Å². The molecule has 0 aliphatic heterocycles. The van der Waals surface area contributed by atoms with Gasteiger partial charge in [0.05, 0.1) is 11.1 Å². The quantitative estimate of drug-likeness (QED) is 0.150. The zero-order valence-corrected chi connectivity index (χ0v) is 33.9. The summed E-state index contributed by atoms with van der Waals surface area (Å²) in [7, 11) is 0. The lowest BCUT2D eigenvalue weighted by Crippen LogP contribution is -2.10. The van der Waals surface area contributed by atoms with Gasteiger partial charge in [0.2, 0.25) is 0 Å². The summed E-state index contributed by atoms with van der Waals surface area (Å²) >= 11 is 0. The molecule has 0 bridgehead atoms. The molecular weight excluding hydrogens is 751 g/mol. The summed E-state index contributed by atoms with van der Waals surface area (Å²) in [6.45, 7) is 0. The van der Waals surface area contributed by atoms with E-state index in [9.17, 15) is 0 Å². The molecule has 1 aromatic heterocycles. The van der Waals surface area contributed by atoms with Crippen molar-refractivity contribution in [2.45, 2.75) is 0 Å². The van der Waals surface area contributed by atoms with Gasteiger partial charge in [0.1, 0.15) is 11.2 Å². The smallest absolute Gasteiger partial charge is 0.137 e. The average molecular weight is 790 g/mol. The Bertz CT molecular complexity index is 3600. The second-order valence-electron chi connectivity index (χ2n) is 16.0. The predicted molar refractivity (Wildman–Crippen MR) is 263 cm³/mol. The van der Waals surface area contributed by atoms with Crippen molar-refractivity contribution in [3.05, 3.63) is 237 Å². The van der Waals surface area contributed by atoms with Crippen molar-refractivity contribution < 1.29 is 4.42 Å². The molecule has 0 amide bonds. The zero-order valence-electron chi connectivity index (χ0n) is 33.9. The molecule has 0 spiro atoms. The first-order chi connectivity index (χ1) is 30.8. The van der Waals surface area contributed by atoms with Crippen LogP contribution in [-0.4, -0.2) is 0 Å². The van der Waals surface area contributed by atoms with Crippen LogP contribution in [0.4, 0.5) is 17.1 Å². The minimum atomic E-state index is 0.866. The van der Waals surface area contributed by atoms with Gasteiger partial charge in [-0.25, -0.2) is 0 Å². The normalized spacial score (nSPS) is 11.5. The van der Waals surface area contributed by atoms with E-state index in [0.29, 0.717) is 0 Å². The molecule has 0 radical (unpaired) electrons. The van der Waals surface area contributed by atoms with Gasteiger partial charge in [-0.2, -0.15) is 0 Å². The Labute approximate surface area is 360 Å². The summed E-state index contributed by atoms with van der Waals surface area (Å²) in [5.41, 5.74) is 14.6. The molecule has 0 saturated heterocycles. The molecule has 0 unspecified atom stereocenters. The van der Waals surface area contributed by atoms with E-state index >= 15 is 0 Å². The van der Waals surface area contributed by atoms with Crippen molar-refractivity contribution in [1.29, 1.82) is 0 Å². The molecule has 62 heavy (non-hydrogen) atoms. The maximum atomic E-state index is 6.42. The van der Waals surface area contributed by atoms with E-state index in [2.05, 4.69) is 235 Å². The van der Waals surface area contributed by atoms with Crippen molar-refractivity contribution >= 4 is 71.3 Å². The molecule has 12 rings (SSSR count). The molecule has 0 aliphatic rings. The maximum absolute atomic E-state index is 6.42. The first-order valence-corrected chi connectivity index (χ1v) is 21.3. The van der Waals surface area contributed by atoms with Crippen LogP contribution in [0.5, 0.6) is 0 Å². The summed E-state index contributed by atoms with van der Waals surface area (Å²) in [6.07, 6.45) is 0. The van der Waals surface area contributed by atoms with Gasteiger partial charge in [-0.05, 0) is 125 Å². The number of hydrogen-bond acceptors (Lipinski definition) is 2. The van der Waals surface area contributed by atoms with Gasteiger partial charge < -0.3 is 9.32 Å². The topological polar surface area (TPSA) is 16.4 Å².